The van der Waals surface area contributed by atoms with Crippen LogP contribution in [0.3, 0.4) is 0 Å². The van der Waals surface area contributed by atoms with E-state index in [0.29, 0.717) is 30.0 Å². The number of benzene rings is 2. The van der Waals surface area contributed by atoms with Crippen molar-refractivity contribution in [3.8, 4) is 11.5 Å². The smallest absolute Gasteiger partial charge is 0.280 e. The van der Waals surface area contributed by atoms with Gasteiger partial charge in [0.15, 0.2) is 5.01 Å². The van der Waals surface area contributed by atoms with Crippen LogP contribution < -0.4 is 9.74 Å². The van der Waals surface area contributed by atoms with Crippen molar-refractivity contribution in [3.63, 3.8) is 0 Å². The van der Waals surface area contributed by atoms with Crippen molar-refractivity contribution in [3.05, 3.63) is 58.6 Å². The van der Waals surface area contributed by atoms with Gasteiger partial charge in [0, 0.05) is 5.56 Å². The van der Waals surface area contributed by atoms with Crippen LogP contribution in [0.25, 0.3) is 16.0 Å². The van der Waals surface area contributed by atoms with E-state index in [4.69, 9.17) is 9.16 Å². The van der Waals surface area contributed by atoms with Crippen molar-refractivity contribution >= 4 is 41.5 Å². The summed E-state index contributed by atoms with van der Waals surface area (Å²) in [4.78, 5) is 17.6. The first-order valence-electron chi connectivity index (χ1n) is 15.0. The van der Waals surface area contributed by atoms with E-state index in [1.807, 2.05) is 30.3 Å². The molecule has 3 aromatic rings. The molecule has 6 nitrogen and oxygen atoms in total. The Morgan fingerprint density at radius 3 is 2.41 bits per heavy atom. The van der Waals surface area contributed by atoms with Crippen molar-refractivity contribution in [2.45, 2.75) is 71.0 Å². The molecule has 0 unspecified atom stereocenters. The fraction of sp³-hybridized carbons (Fsp3) is 0.515. The molecule has 218 valence electrons. The minimum atomic E-state index is -1.96. The Bertz CT molecular complexity index is 1460. The number of fused-ring (bicyclic) bond motifs is 1. The number of rotatable bonds is 8. The summed E-state index contributed by atoms with van der Waals surface area (Å²) >= 11 is 1.39. The Morgan fingerprint density at radius 1 is 1.05 bits per heavy atom. The Kier molecular flexibility index (Phi) is 7.43. The lowest BCUT2D eigenvalue weighted by atomic mass is 9.54. The molecule has 4 aliphatic rings. The maximum atomic E-state index is 13.0. The van der Waals surface area contributed by atoms with Gasteiger partial charge in [0.05, 0.1) is 16.8 Å². The molecule has 1 amide bonds. The van der Waals surface area contributed by atoms with Crippen LogP contribution in [0.4, 0.5) is 0 Å². The number of allylic oxidation sites excluding steroid dienone is 1. The maximum Gasteiger partial charge on any atom is 0.280 e. The number of aromatic hydroxyl groups is 1. The van der Waals surface area contributed by atoms with Gasteiger partial charge in [0.2, 0.25) is 8.32 Å². The number of hydrogen-bond acceptors (Lipinski definition) is 6. The van der Waals surface area contributed by atoms with Gasteiger partial charge in [-0.05, 0) is 110 Å². The molecule has 0 aliphatic heterocycles. The highest BCUT2D eigenvalue weighted by molar-refractivity contribution is 7.20. The molecule has 4 aliphatic carbocycles. The lowest BCUT2D eigenvalue weighted by molar-refractivity contribution is 0.0665. The standard InChI is InChI=1S/C33H42N2O4SSi/c1-33(2,3)41(4,5)39-26-9-10-27-28(19-26)40-32(35-27)31(37)34-11-12-38-30(22-7-6-8-25(36)18-22)29-23-14-20-13-21(16-23)17-24(29)15-20/h6-10,18-21,23-24,36H,11-17H2,1-5H3,(H,34,37). The zero-order valence-corrected chi connectivity index (χ0v) is 26.6. The van der Waals surface area contributed by atoms with Crippen LogP contribution in [0.5, 0.6) is 11.5 Å². The molecule has 8 heteroatoms. The van der Waals surface area contributed by atoms with Gasteiger partial charge in [-0.2, -0.15) is 0 Å². The van der Waals surface area contributed by atoms with E-state index in [2.05, 4.69) is 44.2 Å². The van der Waals surface area contributed by atoms with Crippen LogP contribution in [0.2, 0.25) is 18.1 Å². The maximum absolute atomic E-state index is 13.0. The molecule has 41 heavy (non-hydrogen) atoms. The van der Waals surface area contributed by atoms with Gasteiger partial charge in [0.25, 0.3) is 5.91 Å². The molecular weight excluding hydrogens is 549 g/mol. The van der Waals surface area contributed by atoms with Crippen molar-refractivity contribution in [1.29, 1.82) is 0 Å². The average molecular weight is 591 g/mol. The van der Waals surface area contributed by atoms with E-state index in [0.717, 1.165) is 39.1 Å². The van der Waals surface area contributed by atoms with Crippen LogP contribution in [0.1, 0.15) is 68.2 Å². The van der Waals surface area contributed by atoms with Crippen molar-refractivity contribution in [2.75, 3.05) is 13.2 Å². The Morgan fingerprint density at radius 2 is 1.76 bits per heavy atom. The lowest BCUT2D eigenvalue weighted by Crippen LogP contribution is -2.43. The number of carbonyl (C=O) groups is 1. The predicted molar refractivity (Wildman–Crippen MR) is 168 cm³/mol. The third kappa shape index (κ3) is 5.78. The monoisotopic (exact) mass is 590 g/mol. The second-order valence-electron chi connectivity index (χ2n) is 13.8. The van der Waals surface area contributed by atoms with E-state index in [9.17, 15) is 9.90 Å². The summed E-state index contributed by atoms with van der Waals surface area (Å²) in [6.07, 6.45) is 6.41. The summed E-state index contributed by atoms with van der Waals surface area (Å²) in [5.41, 5.74) is 3.17. The van der Waals surface area contributed by atoms with Crippen LogP contribution in [0.15, 0.2) is 48.0 Å². The fourth-order valence-corrected chi connectivity index (χ4v) is 8.88. The number of thiazole rings is 1. The van der Waals surface area contributed by atoms with Crippen molar-refractivity contribution in [2.24, 2.45) is 23.7 Å². The zero-order chi connectivity index (χ0) is 28.9. The summed E-state index contributed by atoms with van der Waals surface area (Å²) in [5, 5.41) is 13.8. The minimum Gasteiger partial charge on any atom is -0.543 e. The van der Waals surface area contributed by atoms with E-state index >= 15 is 0 Å². The molecule has 2 N–H and O–H groups in total. The average Bonchev–Trinajstić information content (AvgIpc) is 3.32. The molecule has 0 saturated heterocycles. The third-order valence-electron chi connectivity index (χ3n) is 9.76. The third-order valence-corrected chi connectivity index (χ3v) is 15.1. The summed E-state index contributed by atoms with van der Waals surface area (Å²) in [6.45, 7) is 11.9. The number of aromatic nitrogens is 1. The molecule has 7 rings (SSSR count). The number of phenolic OH excluding ortho intramolecular Hbond substituents is 1. The van der Waals surface area contributed by atoms with Crippen molar-refractivity contribution in [1.82, 2.24) is 10.3 Å². The largest absolute Gasteiger partial charge is 0.543 e. The molecule has 1 heterocycles. The first-order valence-corrected chi connectivity index (χ1v) is 18.7. The van der Waals surface area contributed by atoms with Gasteiger partial charge in [-0.1, -0.05) is 32.9 Å². The summed E-state index contributed by atoms with van der Waals surface area (Å²) in [6, 6.07) is 13.3. The van der Waals surface area contributed by atoms with Crippen LogP contribution in [0, 0.1) is 23.7 Å². The lowest BCUT2D eigenvalue weighted by Gasteiger charge is -2.51. The van der Waals surface area contributed by atoms with Crippen LogP contribution in [-0.4, -0.2) is 37.5 Å². The first kappa shape index (κ1) is 28.3. The van der Waals surface area contributed by atoms with Gasteiger partial charge in [-0.25, -0.2) is 4.98 Å². The number of phenols is 1. The first-order chi connectivity index (χ1) is 19.5. The predicted octanol–water partition coefficient (Wildman–Crippen LogP) is 8.00. The van der Waals surface area contributed by atoms with E-state index in [1.54, 1.807) is 12.1 Å². The van der Waals surface area contributed by atoms with Gasteiger partial charge < -0.3 is 19.6 Å². The number of nitrogens with one attached hydrogen (secondary N) is 1. The summed E-state index contributed by atoms with van der Waals surface area (Å²) < 4.78 is 13.9. The Balaban J connectivity index is 1.13. The van der Waals surface area contributed by atoms with E-state index < -0.39 is 8.32 Å². The minimum absolute atomic E-state index is 0.107. The van der Waals surface area contributed by atoms with Gasteiger partial charge in [0.1, 0.15) is 23.9 Å². The normalized spacial score (nSPS) is 23.6. The topological polar surface area (TPSA) is 80.7 Å². The molecule has 4 bridgehead atoms. The molecule has 0 spiro atoms. The van der Waals surface area contributed by atoms with Crippen molar-refractivity contribution < 1.29 is 19.1 Å². The van der Waals surface area contributed by atoms with Crippen LogP contribution in [-0.2, 0) is 4.74 Å². The Labute approximate surface area is 248 Å². The molecule has 4 fully saturated rings. The number of hydrogen-bond donors (Lipinski definition) is 2. The van der Waals surface area contributed by atoms with Gasteiger partial charge in [-0.3, -0.25) is 4.79 Å². The quantitative estimate of drug-likeness (QED) is 0.158. The number of amides is 1. The Hall–Kier alpha value is -2.84. The van der Waals surface area contributed by atoms with Gasteiger partial charge in [-0.15, -0.1) is 11.3 Å². The highest BCUT2D eigenvalue weighted by Gasteiger charge is 2.47. The highest BCUT2D eigenvalue weighted by Crippen LogP contribution is 2.58. The summed E-state index contributed by atoms with van der Waals surface area (Å²) in [5.74, 6) is 4.67. The SMILES string of the molecule is CC(C)(C)[Si](C)(C)Oc1ccc2nc(C(=O)NCCOC(=C3C4CC5CC(C4)CC3C5)c3cccc(O)c3)sc2c1. The number of ether oxygens (including phenoxy) is 1. The van der Waals surface area contributed by atoms with Crippen LogP contribution >= 0.6 is 11.3 Å². The van der Waals surface area contributed by atoms with Gasteiger partial charge >= 0.3 is 0 Å². The number of carbonyl (C=O) groups excluding carboxylic acids is 1. The molecular formula is C33H42N2O4SSi. The fourth-order valence-electron chi connectivity index (χ4n) is 6.95. The molecule has 1 aromatic heterocycles. The van der Waals surface area contributed by atoms with E-state index in [1.165, 1.54) is 49.0 Å². The number of nitrogens with zero attached hydrogens (tertiary/aromatic N) is 1. The zero-order valence-electron chi connectivity index (χ0n) is 24.8. The van der Waals surface area contributed by atoms with E-state index in [-0.39, 0.29) is 16.7 Å². The molecule has 0 atom stereocenters. The summed E-state index contributed by atoms with van der Waals surface area (Å²) in [7, 11) is -1.96. The molecule has 4 saturated carbocycles. The molecule has 0 radical (unpaired) electrons. The second kappa shape index (κ2) is 10.8. The molecule has 2 aromatic carbocycles. The second-order valence-corrected chi connectivity index (χ2v) is 19.5. The highest BCUT2D eigenvalue weighted by atomic mass is 32.1.